The lowest BCUT2D eigenvalue weighted by Gasteiger charge is -2.14. The molecule has 1 N–H and O–H groups in total. The van der Waals surface area contributed by atoms with E-state index in [4.69, 9.17) is 0 Å². The number of rotatable bonds is 5. The lowest BCUT2D eigenvalue weighted by Crippen LogP contribution is -2.32. The molecule has 0 atom stereocenters. The fraction of sp³-hybridized carbons (Fsp3) is 0.364. The zero-order chi connectivity index (χ0) is 11.1. The van der Waals surface area contributed by atoms with Crippen LogP contribution >= 0.6 is 12.8 Å². The first-order chi connectivity index (χ1) is 7.22. The Kier molecular flexibility index (Phi) is 5.21. The SMILES string of the molecule is CCNC(=O)CN(S)Cc1ccccc1. The molecule has 0 spiro atoms. The Hall–Kier alpha value is -1.00. The summed E-state index contributed by atoms with van der Waals surface area (Å²) in [5.41, 5.74) is 1.15. The summed E-state index contributed by atoms with van der Waals surface area (Å²) >= 11 is 4.25. The highest BCUT2D eigenvalue weighted by Crippen LogP contribution is 2.05. The van der Waals surface area contributed by atoms with Gasteiger partial charge in [0.25, 0.3) is 0 Å². The number of amides is 1. The molecule has 0 aliphatic heterocycles. The van der Waals surface area contributed by atoms with Gasteiger partial charge in [0.05, 0.1) is 6.54 Å². The Morgan fingerprint density at radius 2 is 2.07 bits per heavy atom. The van der Waals surface area contributed by atoms with Crippen LogP contribution in [0, 0.1) is 0 Å². The maximum Gasteiger partial charge on any atom is 0.235 e. The van der Waals surface area contributed by atoms with Crippen molar-refractivity contribution in [3.63, 3.8) is 0 Å². The second-order valence-corrected chi connectivity index (χ2v) is 3.83. The number of hydrogen-bond acceptors (Lipinski definition) is 3. The van der Waals surface area contributed by atoms with Crippen LogP contribution in [0.5, 0.6) is 0 Å². The molecule has 1 amide bonds. The number of carbonyl (C=O) groups is 1. The van der Waals surface area contributed by atoms with Crippen LogP contribution < -0.4 is 5.32 Å². The van der Waals surface area contributed by atoms with E-state index in [9.17, 15) is 4.79 Å². The number of nitrogens with zero attached hydrogens (tertiary/aromatic N) is 1. The van der Waals surface area contributed by atoms with Crippen molar-refractivity contribution in [1.82, 2.24) is 9.62 Å². The van der Waals surface area contributed by atoms with Crippen molar-refractivity contribution in [2.24, 2.45) is 0 Å². The minimum Gasteiger partial charge on any atom is -0.355 e. The number of carbonyl (C=O) groups excluding carboxylic acids is 1. The largest absolute Gasteiger partial charge is 0.355 e. The molecular weight excluding hydrogens is 208 g/mol. The van der Waals surface area contributed by atoms with Crippen LogP contribution in [0.3, 0.4) is 0 Å². The van der Waals surface area contributed by atoms with Crippen LogP contribution in [-0.2, 0) is 11.3 Å². The highest BCUT2D eigenvalue weighted by atomic mass is 32.1. The molecule has 0 fully saturated rings. The first-order valence-corrected chi connectivity index (χ1v) is 5.37. The van der Waals surface area contributed by atoms with Crippen molar-refractivity contribution >= 4 is 18.7 Å². The first kappa shape index (κ1) is 12.1. The average molecular weight is 224 g/mol. The molecule has 0 saturated heterocycles. The summed E-state index contributed by atoms with van der Waals surface area (Å²) < 4.78 is 1.69. The van der Waals surface area contributed by atoms with Crippen molar-refractivity contribution in [3.05, 3.63) is 35.9 Å². The van der Waals surface area contributed by atoms with Gasteiger partial charge in [-0.05, 0) is 12.5 Å². The number of thiol groups is 1. The van der Waals surface area contributed by atoms with Gasteiger partial charge in [-0.25, -0.2) is 4.31 Å². The van der Waals surface area contributed by atoms with Gasteiger partial charge in [0.2, 0.25) is 5.91 Å². The van der Waals surface area contributed by atoms with Crippen molar-refractivity contribution in [2.45, 2.75) is 13.5 Å². The predicted molar refractivity (Wildman–Crippen MR) is 64.5 cm³/mol. The van der Waals surface area contributed by atoms with E-state index in [1.165, 1.54) is 0 Å². The van der Waals surface area contributed by atoms with E-state index >= 15 is 0 Å². The normalized spacial score (nSPS) is 10.3. The first-order valence-electron chi connectivity index (χ1n) is 4.97. The quantitative estimate of drug-likeness (QED) is 0.742. The smallest absolute Gasteiger partial charge is 0.235 e. The zero-order valence-corrected chi connectivity index (χ0v) is 9.71. The van der Waals surface area contributed by atoms with E-state index in [0.29, 0.717) is 19.6 Å². The summed E-state index contributed by atoms with van der Waals surface area (Å²) in [6.07, 6.45) is 0. The number of likely N-dealkylation sites (N-methyl/N-ethyl adjacent to an activating group) is 1. The highest BCUT2D eigenvalue weighted by Gasteiger charge is 2.06. The summed E-state index contributed by atoms with van der Waals surface area (Å²) in [4.78, 5) is 11.2. The molecule has 82 valence electrons. The monoisotopic (exact) mass is 224 g/mol. The van der Waals surface area contributed by atoms with E-state index in [2.05, 4.69) is 18.1 Å². The maximum atomic E-state index is 11.2. The standard InChI is InChI=1S/C11H16N2OS/c1-2-12-11(14)9-13(15)8-10-6-4-3-5-7-10/h3-7,15H,2,8-9H2,1H3,(H,12,14). The Labute approximate surface area is 96.0 Å². The molecule has 1 aromatic carbocycles. The maximum absolute atomic E-state index is 11.2. The molecule has 3 nitrogen and oxygen atoms in total. The van der Waals surface area contributed by atoms with Crippen LogP contribution in [0.4, 0.5) is 0 Å². The predicted octanol–water partition coefficient (Wildman–Crippen LogP) is 1.47. The average Bonchev–Trinajstić information content (AvgIpc) is 2.19. The Balaban J connectivity index is 2.36. The third kappa shape index (κ3) is 4.85. The van der Waals surface area contributed by atoms with E-state index in [1.807, 2.05) is 37.3 Å². The molecule has 0 aliphatic carbocycles. The lowest BCUT2D eigenvalue weighted by atomic mass is 10.2. The van der Waals surface area contributed by atoms with Gasteiger partial charge in [-0.1, -0.05) is 43.1 Å². The van der Waals surface area contributed by atoms with E-state index < -0.39 is 0 Å². The minimum atomic E-state index is 0.00318. The second kappa shape index (κ2) is 6.48. The zero-order valence-electron chi connectivity index (χ0n) is 8.81. The molecule has 15 heavy (non-hydrogen) atoms. The van der Waals surface area contributed by atoms with Gasteiger partial charge in [0.1, 0.15) is 0 Å². The van der Waals surface area contributed by atoms with E-state index in [-0.39, 0.29) is 5.91 Å². The number of benzene rings is 1. The van der Waals surface area contributed by atoms with Gasteiger partial charge in [-0.3, -0.25) is 4.79 Å². The summed E-state index contributed by atoms with van der Waals surface area (Å²) in [7, 11) is 0. The molecule has 1 aromatic rings. The molecule has 0 radical (unpaired) electrons. The van der Waals surface area contributed by atoms with Gasteiger partial charge in [-0.15, -0.1) is 0 Å². The van der Waals surface area contributed by atoms with Crippen LogP contribution in [0.15, 0.2) is 30.3 Å². The van der Waals surface area contributed by atoms with Crippen molar-refractivity contribution < 1.29 is 4.79 Å². The van der Waals surface area contributed by atoms with Crippen molar-refractivity contribution in [2.75, 3.05) is 13.1 Å². The highest BCUT2D eigenvalue weighted by molar-refractivity contribution is 7.77. The summed E-state index contributed by atoms with van der Waals surface area (Å²) in [5, 5.41) is 2.73. The van der Waals surface area contributed by atoms with E-state index in [1.54, 1.807) is 4.31 Å². The Morgan fingerprint density at radius 1 is 1.40 bits per heavy atom. The lowest BCUT2D eigenvalue weighted by molar-refractivity contribution is -0.121. The van der Waals surface area contributed by atoms with Crippen LogP contribution in [0.1, 0.15) is 12.5 Å². The summed E-state index contributed by atoms with van der Waals surface area (Å²) in [6.45, 7) is 3.54. The van der Waals surface area contributed by atoms with Gasteiger partial charge in [0.15, 0.2) is 0 Å². The number of hydrogen-bond donors (Lipinski definition) is 2. The van der Waals surface area contributed by atoms with Gasteiger partial charge >= 0.3 is 0 Å². The molecule has 0 aliphatic rings. The summed E-state index contributed by atoms with van der Waals surface area (Å²) in [6, 6.07) is 9.95. The summed E-state index contributed by atoms with van der Waals surface area (Å²) in [5.74, 6) is 0.00318. The Morgan fingerprint density at radius 3 is 2.67 bits per heavy atom. The topological polar surface area (TPSA) is 32.3 Å². The fourth-order valence-electron chi connectivity index (χ4n) is 1.27. The molecule has 0 aromatic heterocycles. The molecular formula is C11H16N2OS. The molecule has 1 rings (SSSR count). The Bertz CT molecular complexity index is 303. The van der Waals surface area contributed by atoms with Crippen LogP contribution in [-0.4, -0.2) is 23.3 Å². The molecule has 0 heterocycles. The molecule has 0 bridgehead atoms. The number of nitrogens with one attached hydrogen (secondary N) is 1. The van der Waals surface area contributed by atoms with Gasteiger partial charge < -0.3 is 5.32 Å². The third-order valence-electron chi connectivity index (χ3n) is 1.91. The molecule has 0 unspecified atom stereocenters. The van der Waals surface area contributed by atoms with Crippen molar-refractivity contribution in [3.8, 4) is 0 Å². The minimum absolute atomic E-state index is 0.00318. The molecule has 0 saturated carbocycles. The van der Waals surface area contributed by atoms with Crippen LogP contribution in [0.2, 0.25) is 0 Å². The van der Waals surface area contributed by atoms with Gasteiger partial charge in [0, 0.05) is 13.1 Å². The second-order valence-electron chi connectivity index (χ2n) is 3.26. The van der Waals surface area contributed by atoms with Gasteiger partial charge in [-0.2, -0.15) is 0 Å². The third-order valence-corrected chi connectivity index (χ3v) is 2.19. The van der Waals surface area contributed by atoms with Crippen LogP contribution in [0.25, 0.3) is 0 Å². The molecule has 4 heteroatoms. The van der Waals surface area contributed by atoms with Crippen molar-refractivity contribution in [1.29, 1.82) is 0 Å². The van der Waals surface area contributed by atoms with E-state index in [0.717, 1.165) is 5.56 Å². The fourth-order valence-corrected chi connectivity index (χ4v) is 1.56.